The number of nitrogens with two attached hydrogens (primary N) is 2. The van der Waals surface area contributed by atoms with Crippen LogP contribution in [-0.4, -0.2) is 113 Å². The molecule has 22 nitrogen and oxygen atoms in total. The van der Waals surface area contributed by atoms with E-state index in [1.165, 1.54) is 36.7 Å². The lowest BCUT2D eigenvalue weighted by atomic mass is 10.1. The van der Waals surface area contributed by atoms with Gasteiger partial charge in [-0.3, -0.25) is 19.2 Å². The molecule has 2 aliphatic heterocycles. The topological polar surface area (TPSA) is 307 Å². The molecule has 4 N–H and O–H groups in total. The first kappa shape index (κ1) is 47.2. The second-order valence-corrected chi connectivity index (χ2v) is 16.5. The smallest absolute Gasteiger partial charge is 0.410 e. The fourth-order valence-electron chi connectivity index (χ4n) is 6.25. The quantitative estimate of drug-likeness (QED) is 0.257. The zero-order valence-electron chi connectivity index (χ0n) is 36.1. The minimum absolute atomic E-state index is 0.0175. The molecule has 64 heavy (non-hydrogen) atoms. The molecule has 0 atom stereocenters. The molecule has 336 valence electrons. The number of carbonyl (C=O) groups excluding carboxylic acids is 4. The summed E-state index contributed by atoms with van der Waals surface area (Å²) in [6.45, 7) is 12.4. The Hall–Kier alpha value is -7.88. The van der Waals surface area contributed by atoms with E-state index in [-0.39, 0.29) is 57.9 Å². The van der Waals surface area contributed by atoms with Crippen LogP contribution < -0.4 is 32.1 Å². The van der Waals surface area contributed by atoms with Gasteiger partial charge >= 0.3 is 12.2 Å². The van der Waals surface area contributed by atoms with E-state index in [4.69, 9.17) is 40.9 Å². The number of aromatic nitrogens is 6. The van der Waals surface area contributed by atoms with Crippen LogP contribution in [0.2, 0.25) is 0 Å². The number of carbonyl (C=O) groups is 4. The Bertz CT molecular complexity index is 2390. The van der Waals surface area contributed by atoms with E-state index < -0.39 is 46.3 Å². The van der Waals surface area contributed by atoms with E-state index >= 15 is 0 Å². The first-order valence-electron chi connectivity index (χ1n) is 20.0. The van der Waals surface area contributed by atoms with Crippen molar-refractivity contribution < 1.29 is 38.1 Å². The number of primary amides is 2. The Morgan fingerprint density at radius 1 is 0.625 bits per heavy atom. The average molecular weight is 881 g/mol. The highest BCUT2D eigenvalue weighted by Crippen LogP contribution is 2.24. The van der Waals surface area contributed by atoms with Gasteiger partial charge in [0.2, 0.25) is 0 Å². The van der Waals surface area contributed by atoms with Crippen LogP contribution in [0.3, 0.4) is 0 Å². The standard InChI is InChI=1S/2C21H24N6O5/c2*1-21(2,3)32-20(30)26-8-6-15(7-9-26)31-16-10-17(28)27(25-18(16)19(23)29)14-5-4-13(11-22)24-12-14/h2*4-5,10,12,15H,6-9H2,1-3H3,(H2,23,29). The highest BCUT2D eigenvalue weighted by Gasteiger charge is 2.31. The SMILES string of the molecule is CC(C)(C)OC(=O)N1CCC(Oc2cc(=O)n(-c3ccc(C#N)nc3)nc2C(N)=O)CC1.CC(C)(C)OC(=O)N1CCC(Oc2cc(=O)n(-c3ccc(C#N)nc3)nc2C(N)=O)CC1. The van der Waals surface area contributed by atoms with Crippen molar-refractivity contribution in [2.75, 3.05) is 26.2 Å². The maximum absolute atomic E-state index is 12.6. The molecule has 4 aromatic heterocycles. The highest BCUT2D eigenvalue weighted by atomic mass is 16.6. The lowest BCUT2D eigenvalue weighted by molar-refractivity contribution is 0.0114. The number of hydrogen-bond donors (Lipinski definition) is 2. The van der Waals surface area contributed by atoms with Crippen molar-refractivity contribution in [2.24, 2.45) is 11.5 Å². The molecule has 0 aromatic carbocycles. The zero-order chi connectivity index (χ0) is 46.9. The van der Waals surface area contributed by atoms with E-state index in [1.54, 1.807) is 51.3 Å². The van der Waals surface area contributed by atoms with Crippen LogP contribution >= 0.6 is 0 Å². The summed E-state index contributed by atoms with van der Waals surface area (Å²) in [5.74, 6) is -1.75. The summed E-state index contributed by atoms with van der Waals surface area (Å²) < 4.78 is 24.4. The molecule has 2 fully saturated rings. The van der Waals surface area contributed by atoms with Gasteiger partial charge in [-0.15, -0.1) is 0 Å². The molecule has 6 heterocycles. The largest absolute Gasteiger partial charge is 0.488 e. The molecule has 0 spiro atoms. The zero-order valence-corrected chi connectivity index (χ0v) is 36.1. The van der Waals surface area contributed by atoms with Gasteiger partial charge in [-0.1, -0.05) is 0 Å². The molecule has 2 aliphatic rings. The van der Waals surface area contributed by atoms with Crippen molar-refractivity contribution in [3.8, 4) is 35.0 Å². The average Bonchev–Trinajstić information content (AvgIpc) is 3.23. The van der Waals surface area contributed by atoms with Gasteiger partial charge in [-0.25, -0.2) is 19.6 Å². The van der Waals surface area contributed by atoms with Crippen LogP contribution in [0.4, 0.5) is 9.59 Å². The second kappa shape index (κ2) is 19.9. The van der Waals surface area contributed by atoms with Gasteiger partial charge in [0.05, 0.1) is 35.9 Å². The van der Waals surface area contributed by atoms with Crippen LogP contribution in [0.25, 0.3) is 11.4 Å². The molecule has 0 saturated carbocycles. The minimum Gasteiger partial charge on any atom is -0.488 e. The fourth-order valence-corrected chi connectivity index (χ4v) is 6.25. The molecule has 2 saturated heterocycles. The molecule has 22 heteroatoms. The molecular weight excluding hydrogens is 833 g/mol. The summed E-state index contributed by atoms with van der Waals surface area (Å²) in [5.41, 5.74) is 9.13. The number of hydrogen-bond acceptors (Lipinski definition) is 16. The number of pyridine rings is 2. The van der Waals surface area contributed by atoms with Crippen LogP contribution in [0.1, 0.15) is 99.6 Å². The van der Waals surface area contributed by atoms with Crippen molar-refractivity contribution in [3.63, 3.8) is 0 Å². The summed E-state index contributed by atoms with van der Waals surface area (Å²) in [5, 5.41) is 25.8. The maximum atomic E-state index is 12.6. The van der Waals surface area contributed by atoms with Gasteiger partial charge in [-0.05, 0) is 65.8 Å². The first-order valence-corrected chi connectivity index (χ1v) is 20.0. The van der Waals surface area contributed by atoms with E-state index in [0.717, 1.165) is 21.5 Å². The fraction of sp³-hybridized carbons (Fsp3) is 0.429. The number of nitrogens with zero attached hydrogens (tertiary/aromatic N) is 10. The molecule has 0 radical (unpaired) electrons. The van der Waals surface area contributed by atoms with Gasteiger partial charge in [0.25, 0.3) is 22.9 Å². The van der Waals surface area contributed by atoms with Crippen molar-refractivity contribution in [2.45, 2.75) is 90.6 Å². The Morgan fingerprint density at radius 3 is 1.23 bits per heavy atom. The van der Waals surface area contributed by atoms with Crippen molar-refractivity contribution in [1.29, 1.82) is 10.5 Å². The summed E-state index contributed by atoms with van der Waals surface area (Å²) >= 11 is 0. The van der Waals surface area contributed by atoms with Crippen molar-refractivity contribution in [3.05, 3.63) is 92.3 Å². The summed E-state index contributed by atoms with van der Waals surface area (Å²) in [6.07, 6.45) is 3.08. The number of amides is 4. The number of likely N-dealkylation sites (tertiary alicyclic amines) is 2. The molecular formula is C42H48N12O10. The van der Waals surface area contributed by atoms with Crippen LogP contribution in [0, 0.1) is 22.7 Å². The Kier molecular flexibility index (Phi) is 14.7. The number of rotatable bonds is 8. The number of ether oxygens (including phenoxy) is 4. The van der Waals surface area contributed by atoms with Crippen LogP contribution in [-0.2, 0) is 9.47 Å². The molecule has 0 aliphatic carbocycles. The second-order valence-electron chi connectivity index (χ2n) is 16.5. The first-order chi connectivity index (χ1) is 30.1. The maximum Gasteiger partial charge on any atom is 0.410 e. The van der Waals surface area contributed by atoms with E-state index in [1.807, 2.05) is 12.1 Å². The lowest BCUT2D eigenvalue weighted by Crippen LogP contribution is -2.44. The minimum atomic E-state index is -0.860. The van der Waals surface area contributed by atoms with Gasteiger partial charge in [0.15, 0.2) is 22.9 Å². The molecule has 0 unspecified atom stereocenters. The summed E-state index contributed by atoms with van der Waals surface area (Å²) in [6, 6.07) is 11.9. The Balaban J connectivity index is 0.000000241. The van der Waals surface area contributed by atoms with E-state index in [0.29, 0.717) is 51.9 Å². The van der Waals surface area contributed by atoms with Gasteiger partial charge in [0, 0.05) is 51.9 Å². The predicted octanol–water partition coefficient (Wildman–Crippen LogP) is 2.75. The van der Waals surface area contributed by atoms with E-state index in [2.05, 4.69) is 20.2 Å². The summed E-state index contributed by atoms with van der Waals surface area (Å²) in [7, 11) is 0. The third-order valence-corrected chi connectivity index (χ3v) is 9.25. The van der Waals surface area contributed by atoms with Crippen molar-refractivity contribution in [1.82, 2.24) is 39.3 Å². The molecule has 4 amide bonds. The summed E-state index contributed by atoms with van der Waals surface area (Å²) in [4.78, 5) is 84.5. The van der Waals surface area contributed by atoms with Gasteiger partial charge in [-0.2, -0.15) is 30.1 Å². The highest BCUT2D eigenvalue weighted by molar-refractivity contribution is 5.93. The van der Waals surface area contributed by atoms with Crippen molar-refractivity contribution >= 4 is 24.0 Å². The lowest BCUT2D eigenvalue weighted by Gasteiger charge is -2.33. The predicted molar refractivity (Wildman–Crippen MR) is 225 cm³/mol. The number of nitriles is 2. The third-order valence-electron chi connectivity index (χ3n) is 9.25. The van der Waals surface area contributed by atoms with Gasteiger partial charge < -0.3 is 40.2 Å². The molecule has 6 rings (SSSR count). The number of piperidine rings is 2. The monoisotopic (exact) mass is 880 g/mol. The third kappa shape index (κ3) is 12.6. The van der Waals surface area contributed by atoms with E-state index in [9.17, 15) is 28.8 Å². The Labute approximate surface area is 366 Å². The van der Waals surface area contributed by atoms with Crippen LogP contribution in [0.5, 0.6) is 11.5 Å². The molecule has 0 bridgehead atoms. The van der Waals surface area contributed by atoms with Crippen LogP contribution in [0.15, 0.2) is 58.4 Å². The Morgan fingerprint density at radius 2 is 0.969 bits per heavy atom. The molecule has 4 aromatic rings. The van der Waals surface area contributed by atoms with Gasteiger partial charge in [0.1, 0.15) is 46.9 Å². The normalized spacial score (nSPS) is 14.5.